The minimum atomic E-state index is 0.0799. The van der Waals surface area contributed by atoms with Crippen molar-refractivity contribution in [1.29, 1.82) is 0 Å². The summed E-state index contributed by atoms with van der Waals surface area (Å²) in [6, 6.07) is 15.2. The van der Waals surface area contributed by atoms with Gasteiger partial charge < -0.3 is 9.80 Å². The summed E-state index contributed by atoms with van der Waals surface area (Å²) in [6.07, 6.45) is 5.15. The second-order valence-corrected chi connectivity index (χ2v) is 7.79. The van der Waals surface area contributed by atoms with E-state index in [9.17, 15) is 4.79 Å². The van der Waals surface area contributed by atoms with E-state index in [1.54, 1.807) is 23.1 Å². The third-order valence-electron chi connectivity index (χ3n) is 5.60. The van der Waals surface area contributed by atoms with Crippen LogP contribution < -0.4 is 0 Å². The molecule has 0 atom stereocenters. The molecule has 158 valence electrons. The number of aromatic nitrogens is 4. The van der Waals surface area contributed by atoms with E-state index in [1.807, 2.05) is 53.4 Å². The number of benzene rings is 1. The van der Waals surface area contributed by atoms with E-state index in [0.717, 1.165) is 48.6 Å². The topological polar surface area (TPSA) is 66.6 Å². The molecule has 7 nitrogen and oxygen atoms in total. The summed E-state index contributed by atoms with van der Waals surface area (Å²) < 4.78 is 1.74. The molecule has 1 aliphatic heterocycles. The highest BCUT2D eigenvalue weighted by atomic mass is 16.2. The van der Waals surface area contributed by atoms with Gasteiger partial charge >= 0.3 is 0 Å². The van der Waals surface area contributed by atoms with Gasteiger partial charge in [0.25, 0.3) is 5.91 Å². The van der Waals surface area contributed by atoms with Gasteiger partial charge in [-0.05, 0) is 49.4 Å². The number of imidazole rings is 1. The van der Waals surface area contributed by atoms with Crippen molar-refractivity contribution in [3.8, 4) is 23.1 Å². The van der Waals surface area contributed by atoms with E-state index in [-0.39, 0.29) is 5.91 Å². The molecule has 0 unspecified atom stereocenters. The second kappa shape index (κ2) is 8.61. The van der Waals surface area contributed by atoms with Crippen LogP contribution in [0.2, 0.25) is 0 Å². The molecule has 1 saturated heterocycles. The van der Waals surface area contributed by atoms with E-state index in [0.29, 0.717) is 11.3 Å². The van der Waals surface area contributed by atoms with Crippen molar-refractivity contribution in [2.24, 2.45) is 0 Å². The lowest BCUT2D eigenvalue weighted by molar-refractivity contribution is 0.0664. The Kier molecular flexibility index (Phi) is 5.36. The molecule has 32 heavy (non-hydrogen) atoms. The summed E-state index contributed by atoms with van der Waals surface area (Å²) in [5.74, 6) is 6.33. The summed E-state index contributed by atoms with van der Waals surface area (Å²) in [7, 11) is 2.08. The first-order valence-electron chi connectivity index (χ1n) is 10.5. The average Bonchev–Trinajstić information content (AvgIpc) is 3.26. The maximum atomic E-state index is 12.8. The molecular formula is C25H22N6O. The molecule has 0 aliphatic carbocycles. The monoisotopic (exact) mass is 422 g/mol. The van der Waals surface area contributed by atoms with Gasteiger partial charge in [0.1, 0.15) is 5.69 Å². The Morgan fingerprint density at radius 3 is 2.41 bits per heavy atom. The Morgan fingerprint density at radius 1 is 0.906 bits per heavy atom. The van der Waals surface area contributed by atoms with Crippen LogP contribution in [0.4, 0.5) is 0 Å². The van der Waals surface area contributed by atoms with Crippen LogP contribution in [0.1, 0.15) is 21.6 Å². The fourth-order valence-electron chi connectivity index (χ4n) is 3.66. The summed E-state index contributed by atoms with van der Waals surface area (Å²) in [5, 5.41) is 4.73. The van der Waals surface area contributed by atoms with E-state index in [2.05, 4.69) is 33.8 Å². The maximum absolute atomic E-state index is 12.8. The number of carbonyl (C=O) groups is 1. The quantitative estimate of drug-likeness (QED) is 0.465. The zero-order chi connectivity index (χ0) is 21.9. The molecule has 4 aromatic rings. The van der Waals surface area contributed by atoms with Crippen LogP contribution in [0, 0.1) is 11.8 Å². The number of piperazine rings is 1. The fourth-order valence-corrected chi connectivity index (χ4v) is 3.66. The highest BCUT2D eigenvalue weighted by Crippen LogP contribution is 2.19. The summed E-state index contributed by atoms with van der Waals surface area (Å²) in [6.45, 7) is 3.34. The van der Waals surface area contributed by atoms with Crippen LogP contribution in [0.5, 0.6) is 0 Å². The molecule has 0 saturated carbocycles. The molecule has 0 radical (unpaired) electrons. The Hall–Kier alpha value is -4.02. The number of carbonyl (C=O) groups excluding carboxylic acids is 1. The summed E-state index contributed by atoms with van der Waals surface area (Å²) >= 11 is 0. The fraction of sp³-hybridized carbons (Fsp3) is 0.200. The second-order valence-electron chi connectivity index (χ2n) is 7.79. The molecule has 0 bridgehead atoms. The third-order valence-corrected chi connectivity index (χ3v) is 5.60. The van der Waals surface area contributed by atoms with Gasteiger partial charge in [-0.3, -0.25) is 9.78 Å². The predicted molar refractivity (Wildman–Crippen MR) is 122 cm³/mol. The van der Waals surface area contributed by atoms with Crippen LogP contribution in [0.3, 0.4) is 0 Å². The smallest absolute Gasteiger partial charge is 0.253 e. The molecule has 5 rings (SSSR count). The van der Waals surface area contributed by atoms with E-state index in [4.69, 9.17) is 5.10 Å². The Bertz CT molecular complexity index is 1310. The summed E-state index contributed by atoms with van der Waals surface area (Å²) in [5.41, 5.74) is 4.75. The lowest BCUT2D eigenvalue weighted by Gasteiger charge is -2.32. The van der Waals surface area contributed by atoms with Crippen LogP contribution in [0.25, 0.3) is 16.9 Å². The molecule has 4 heterocycles. The molecule has 7 heteroatoms. The van der Waals surface area contributed by atoms with Gasteiger partial charge in [0.2, 0.25) is 0 Å². The number of hydrogen-bond donors (Lipinski definition) is 0. The Labute approximate surface area is 186 Å². The molecule has 1 amide bonds. The lowest BCUT2D eigenvalue weighted by atomic mass is 10.1. The zero-order valence-corrected chi connectivity index (χ0v) is 17.8. The molecule has 3 aromatic heterocycles. The largest absolute Gasteiger partial charge is 0.336 e. The maximum Gasteiger partial charge on any atom is 0.253 e. The standard InChI is InChI=1S/C25H22N6O/c1-29-14-16-30(17-15-29)25(32)21-5-3-20(4-6-21)23-8-9-24-27-18-22(31(24)28-23)7-2-19-10-12-26-13-11-19/h3-6,8-13,18H,14-17H2,1H3. The SMILES string of the molecule is CN1CCN(C(=O)c2ccc(-c3ccc4ncc(C#Cc5ccncc5)n4n3)cc2)CC1. The highest BCUT2D eigenvalue weighted by molar-refractivity contribution is 5.94. The van der Waals surface area contributed by atoms with Gasteiger partial charge in [-0.2, -0.15) is 5.10 Å². The van der Waals surface area contributed by atoms with Gasteiger partial charge in [-0.15, -0.1) is 0 Å². The number of likely N-dealkylation sites (N-methyl/N-ethyl adjacent to an activating group) is 1. The van der Waals surface area contributed by atoms with Crippen molar-refractivity contribution in [3.63, 3.8) is 0 Å². The molecule has 1 fully saturated rings. The van der Waals surface area contributed by atoms with E-state index >= 15 is 0 Å². The minimum absolute atomic E-state index is 0.0799. The molecular weight excluding hydrogens is 400 g/mol. The van der Waals surface area contributed by atoms with Crippen molar-refractivity contribution in [2.45, 2.75) is 0 Å². The third kappa shape index (κ3) is 4.09. The van der Waals surface area contributed by atoms with Gasteiger partial charge in [0.15, 0.2) is 5.65 Å². The van der Waals surface area contributed by atoms with E-state index in [1.165, 1.54) is 0 Å². The molecule has 1 aliphatic rings. The minimum Gasteiger partial charge on any atom is -0.336 e. The number of hydrogen-bond acceptors (Lipinski definition) is 5. The average molecular weight is 422 g/mol. The molecule has 0 spiro atoms. The van der Waals surface area contributed by atoms with E-state index < -0.39 is 0 Å². The van der Waals surface area contributed by atoms with Crippen molar-refractivity contribution in [2.75, 3.05) is 33.2 Å². The number of fused-ring (bicyclic) bond motifs is 1. The molecule has 0 N–H and O–H groups in total. The summed E-state index contributed by atoms with van der Waals surface area (Å²) in [4.78, 5) is 25.3. The van der Waals surface area contributed by atoms with Crippen molar-refractivity contribution in [1.82, 2.24) is 29.4 Å². The Balaban J connectivity index is 1.39. The lowest BCUT2D eigenvalue weighted by Crippen LogP contribution is -2.47. The van der Waals surface area contributed by atoms with Crippen molar-refractivity contribution >= 4 is 11.6 Å². The van der Waals surface area contributed by atoms with Gasteiger partial charge in [0.05, 0.1) is 11.9 Å². The first-order chi connectivity index (χ1) is 15.7. The number of nitrogens with zero attached hydrogens (tertiary/aromatic N) is 6. The van der Waals surface area contributed by atoms with Crippen LogP contribution in [-0.2, 0) is 0 Å². The van der Waals surface area contributed by atoms with Gasteiger partial charge in [-0.25, -0.2) is 9.50 Å². The normalized spacial score (nSPS) is 14.2. The number of pyridine rings is 1. The first-order valence-corrected chi connectivity index (χ1v) is 10.5. The van der Waals surface area contributed by atoms with Gasteiger partial charge in [-0.1, -0.05) is 18.1 Å². The van der Waals surface area contributed by atoms with Crippen molar-refractivity contribution in [3.05, 3.63) is 83.9 Å². The van der Waals surface area contributed by atoms with Crippen molar-refractivity contribution < 1.29 is 4.79 Å². The zero-order valence-electron chi connectivity index (χ0n) is 17.8. The molecule has 1 aromatic carbocycles. The predicted octanol–water partition coefficient (Wildman–Crippen LogP) is 2.58. The van der Waals surface area contributed by atoms with Crippen LogP contribution in [-0.4, -0.2) is 68.5 Å². The van der Waals surface area contributed by atoms with Gasteiger partial charge in [0, 0.05) is 55.3 Å². The number of rotatable bonds is 2. The highest BCUT2D eigenvalue weighted by Gasteiger charge is 2.20. The Morgan fingerprint density at radius 2 is 1.66 bits per heavy atom. The number of amides is 1. The van der Waals surface area contributed by atoms with Crippen LogP contribution in [0.15, 0.2) is 67.1 Å². The van der Waals surface area contributed by atoms with Crippen LogP contribution >= 0.6 is 0 Å². The first kappa shape index (κ1) is 19.9.